The zero-order valence-electron chi connectivity index (χ0n) is 17.1. The number of nitrogens with zero attached hydrogens (tertiary/aromatic N) is 3. The maximum atomic E-state index is 11.6. The lowest BCUT2D eigenvalue weighted by atomic mass is 10.1. The van der Waals surface area contributed by atoms with Gasteiger partial charge in [0.15, 0.2) is 5.96 Å². The van der Waals surface area contributed by atoms with E-state index < -0.39 is 0 Å². The van der Waals surface area contributed by atoms with Crippen LogP contribution in [-0.4, -0.2) is 48.1 Å². The predicted molar refractivity (Wildman–Crippen MR) is 109 cm³/mol. The summed E-state index contributed by atoms with van der Waals surface area (Å²) in [6, 6.07) is 0. The van der Waals surface area contributed by atoms with Gasteiger partial charge < -0.3 is 15.0 Å². The van der Waals surface area contributed by atoms with Crippen molar-refractivity contribution >= 4 is 23.3 Å². The molecule has 1 heterocycles. The smallest absolute Gasteiger partial charge is 0.306 e. The van der Waals surface area contributed by atoms with E-state index in [-0.39, 0.29) is 11.6 Å². The SMILES string of the molecule is CN=C(NCCCCCCC(=O)OC(C)(C)C)N(C)Cc1csc(C)n1. The molecule has 0 bridgehead atoms. The quantitative estimate of drug-likeness (QED) is 0.305. The highest BCUT2D eigenvalue weighted by molar-refractivity contribution is 7.09. The molecule has 1 aromatic heterocycles. The fourth-order valence-electron chi connectivity index (χ4n) is 2.52. The number of nitrogens with one attached hydrogen (secondary N) is 1. The number of aliphatic imine (C=N–C) groups is 1. The summed E-state index contributed by atoms with van der Waals surface area (Å²) in [4.78, 5) is 22.5. The minimum atomic E-state index is -0.389. The van der Waals surface area contributed by atoms with Crippen molar-refractivity contribution in [1.82, 2.24) is 15.2 Å². The van der Waals surface area contributed by atoms with E-state index in [0.29, 0.717) is 6.42 Å². The summed E-state index contributed by atoms with van der Waals surface area (Å²) in [5.74, 6) is 0.777. The third kappa shape index (κ3) is 9.75. The Kier molecular flexibility index (Phi) is 9.62. The van der Waals surface area contributed by atoms with Crippen LogP contribution in [0.4, 0.5) is 0 Å². The monoisotopic (exact) mass is 382 g/mol. The van der Waals surface area contributed by atoms with E-state index in [1.54, 1.807) is 18.4 Å². The van der Waals surface area contributed by atoms with Crippen molar-refractivity contribution in [3.05, 3.63) is 16.1 Å². The first-order chi connectivity index (χ1) is 12.2. The van der Waals surface area contributed by atoms with Crippen LogP contribution in [0.5, 0.6) is 0 Å². The number of unbranched alkanes of at least 4 members (excludes halogenated alkanes) is 3. The van der Waals surface area contributed by atoms with Gasteiger partial charge in [-0.3, -0.25) is 9.79 Å². The Morgan fingerprint density at radius 2 is 2.00 bits per heavy atom. The molecule has 0 amide bonds. The summed E-state index contributed by atoms with van der Waals surface area (Å²) in [5.41, 5.74) is 0.681. The summed E-state index contributed by atoms with van der Waals surface area (Å²) >= 11 is 1.67. The third-order valence-electron chi connectivity index (χ3n) is 3.65. The van der Waals surface area contributed by atoms with Crippen molar-refractivity contribution in [3.63, 3.8) is 0 Å². The van der Waals surface area contributed by atoms with Crippen LogP contribution in [0, 0.1) is 6.92 Å². The first-order valence-corrected chi connectivity index (χ1v) is 10.1. The van der Waals surface area contributed by atoms with Crippen molar-refractivity contribution in [2.45, 2.75) is 71.9 Å². The summed E-state index contributed by atoms with van der Waals surface area (Å²) < 4.78 is 5.31. The molecule has 0 saturated carbocycles. The molecule has 1 N–H and O–H groups in total. The molecule has 1 aromatic rings. The molecule has 0 fully saturated rings. The Bertz CT molecular complexity index is 578. The van der Waals surface area contributed by atoms with E-state index in [1.165, 1.54) is 0 Å². The highest BCUT2D eigenvalue weighted by Gasteiger charge is 2.15. The highest BCUT2D eigenvalue weighted by Crippen LogP contribution is 2.11. The number of carbonyl (C=O) groups is 1. The molecular formula is C19H34N4O2S. The van der Waals surface area contributed by atoms with Gasteiger partial charge in [-0.05, 0) is 40.5 Å². The molecule has 26 heavy (non-hydrogen) atoms. The zero-order chi connectivity index (χ0) is 19.6. The van der Waals surface area contributed by atoms with Gasteiger partial charge in [0.1, 0.15) is 5.60 Å². The number of aryl methyl sites for hydroxylation is 1. The first kappa shape index (κ1) is 22.4. The lowest BCUT2D eigenvalue weighted by molar-refractivity contribution is -0.154. The maximum Gasteiger partial charge on any atom is 0.306 e. The molecule has 0 aliphatic heterocycles. The summed E-state index contributed by atoms with van der Waals surface area (Å²) in [6.07, 6.45) is 4.56. The van der Waals surface area contributed by atoms with E-state index in [4.69, 9.17) is 4.74 Å². The minimum Gasteiger partial charge on any atom is -0.460 e. The number of hydrogen-bond acceptors (Lipinski definition) is 5. The molecule has 0 aromatic carbocycles. The Morgan fingerprint density at radius 3 is 2.58 bits per heavy atom. The van der Waals surface area contributed by atoms with E-state index in [0.717, 1.165) is 55.4 Å². The Hall–Kier alpha value is -1.63. The number of aromatic nitrogens is 1. The average molecular weight is 383 g/mol. The number of esters is 1. The van der Waals surface area contributed by atoms with Crippen molar-refractivity contribution in [3.8, 4) is 0 Å². The van der Waals surface area contributed by atoms with Gasteiger partial charge in [0.25, 0.3) is 0 Å². The van der Waals surface area contributed by atoms with Crippen LogP contribution in [0.15, 0.2) is 10.4 Å². The average Bonchev–Trinajstić information content (AvgIpc) is 2.93. The number of carbonyl (C=O) groups excluding carboxylic acids is 1. The van der Waals surface area contributed by atoms with Crippen molar-refractivity contribution in [2.75, 3.05) is 20.6 Å². The fraction of sp³-hybridized carbons (Fsp3) is 0.737. The fourth-order valence-corrected chi connectivity index (χ4v) is 3.13. The molecule has 148 valence electrons. The van der Waals surface area contributed by atoms with E-state index >= 15 is 0 Å². The normalized spacial score (nSPS) is 12.2. The van der Waals surface area contributed by atoms with E-state index in [2.05, 4.69) is 25.6 Å². The molecule has 0 spiro atoms. The Labute approximate surface area is 162 Å². The molecule has 0 atom stereocenters. The Balaban J connectivity index is 2.14. The molecular weight excluding hydrogens is 348 g/mol. The molecule has 0 radical (unpaired) electrons. The topological polar surface area (TPSA) is 66.8 Å². The minimum absolute atomic E-state index is 0.102. The number of ether oxygens (including phenoxy) is 1. The maximum absolute atomic E-state index is 11.6. The number of hydrogen-bond donors (Lipinski definition) is 1. The second-order valence-electron chi connectivity index (χ2n) is 7.44. The van der Waals surface area contributed by atoms with Crippen LogP contribution < -0.4 is 5.32 Å². The van der Waals surface area contributed by atoms with E-state index in [1.807, 2.05) is 34.7 Å². The van der Waals surface area contributed by atoms with Gasteiger partial charge in [0.2, 0.25) is 0 Å². The van der Waals surface area contributed by atoms with Crippen LogP contribution in [0.25, 0.3) is 0 Å². The Morgan fingerprint density at radius 1 is 1.31 bits per heavy atom. The summed E-state index contributed by atoms with van der Waals surface area (Å²) in [6.45, 7) is 9.34. The van der Waals surface area contributed by atoms with E-state index in [9.17, 15) is 4.79 Å². The van der Waals surface area contributed by atoms with Gasteiger partial charge in [0, 0.05) is 32.4 Å². The van der Waals surface area contributed by atoms with Crippen LogP contribution in [0.2, 0.25) is 0 Å². The largest absolute Gasteiger partial charge is 0.460 e. The molecule has 0 aliphatic rings. The number of guanidine groups is 1. The molecule has 1 rings (SSSR count). The van der Waals surface area contributed by atoms with Crippen LogP contribution in [0.1, 0.15) is 63.6 Å². The lowest BCUT2D eigenvalue weighted by Gasteiger charge is -2.21. The second kappa shape index (κ2) is 11.2. The van der Waals surface area contributed by atoms with Crippen molar-refractivity contribution < 1.29 is 9.53 Å². The lowest BCUT2D eigenvalue weighted by Crippen LogP contribution is -2.38. The molecule has 0 aliphatic carbocycles. The van der Waals surface area contributed by atoms with Crippen molar-refractivity contribution in [2.24, 2.45) is 4.99 Å². The molecule has 0 unspecified atom stereocenters. The van der Waals surface area contributed by atoms with Gasteiger partial charge in [-0.2, -0.15) is 0 Å². The number of thiazole rings is 1. The van der Waals surface area contributed by atoms with Crippen LogP contribution in [0.3, 0.4) is 0 Å². The zero-order valence-corrected chi connectivity index (χ0v) is 17.9. The predicted octanol–water partition coefficient (Wildman–Crippen LogP) is 3.75. The molecule has 7 heteroatoms. The third-order valence-corrected chi connectivity index (χ3v) is 4.47. The van der Waals surface area contributed by atoms with Gasteiger partial charge in [-0.25, -0.2) is 4.98 Å². The van der Waals surface area contributed by atoms with Gasteiger partial charge in [0.05, 0.1) is 17.2 Å². The molecule has 0 saturated heterocycles. The highest BCUT2D eigenvalue weighted by atomic mass is 32.1. The summed E-state index contributed by atoms with van der Waals surface area (Å²) in [7, 11) is 3.82. The standard InChI is InChI=1S/C19H34N4O2S/c1-15-22-16(14-26-15)13-23(6)18(20-5)21-12-10-8-7-9-11-17(24)25-19(2,3)4/h14H,7-13H2,1-6H3,(H,20,21). The van der Waals surface area contributed by atoms with Crippen LogP contribution in [-0.2, 0) is 16.1 Å². The summed E-state index contributed by atoms with van der Waals surface area (Å²) in [5, 5.41) is 6.56. The molecule has 6 nitrogen and oxygen atoms in total. The second-order valence-corrected chi connectivity index (χ2v) is 8.50. The van der Waals surface area contributed by atoms with Gasteiger partial charge in [-0.1, -0.05) is 12.8 Å². The first-order valence-electron chi connectivity index (χ1n) is 9.26. The van der Waals surface area contributed by atoms with Gasteiger partial charge >= 0.3 is 5.97 Å². The van der Waals surface area contributed by atoms with Crippen molar-refractivity contribution in [1.29, 1.82) is 0 Å². The van der Waals surface area contributed by atoms with Crippen LogP contribution >= 0.6 is 11.3 Å². The number of rotatable bonds is 9. The van der Waals surface area contributed by atoms with Gasteiger partial charge in [-0.15, -0.1) is 11.3 Å².